The quantitative estimate of drug-likeness (QED) is 0.338. The molecule has 0 bridgehead atoms. The van der Waals surface area contributed by atoms with Crippen molar-refractivity contribution in [3.8, 4) is 0 Å². The lowest BCUT2D eigenvalue weighted by atomic mass is 9.86. The van der Waals surface area contributed by atoms with Crippen molar-refractivity contribution in [3.05, 3.63) is 81.1 Å². The fourth-order valence-corrected chi connectivity index (χ4v) is 6.67. The standard InChI is InChI=1S/C24H23ClN4O4S2/c25-21-7-8-22(34-21)35(32,33)28-29(14-30)24-19(11-17(31)12-20(24)27-13-15-5-6-15)23-18-4-2-1-3-16(18)9-10-26-23/h1-4,7-11,14-15,23,26-28H,5-6,12-13H2. The number of hydrazine groups is 1. The summed E-state index contributed by atoms with van der Waals surface area (Å²) in [7, 11) is -4.10. The Hall–Kier alpha value is -2.92. The van der Waals surface area contributed by atoms with E-state index in [0.29, 0.717) is 40.2 Å². The van der Waals surface area contributed by atoms with Crippen molar-refractivity contribution >= 4 is 51.2 Å². The molecule has 11 heteroatoms. The Morgan fingerprint density at radius 1 is 1.20 bits per heavy atom. The Bertz CT molecular complexity index is 1380. The van der Waals surface area contributed by atoms with Gasteiger partial charge in [0.15, 0.2) is 5.78 Å². The van der Waals surface area contributed by atoms with Crippen molar-refractivity contribution < 1.29 is 18.0 Å². The molecule has 1 saturated carbocycles. The van der Waals surface area contributed by atoms with Crippen LogP contribution in [0.1, 0.15) is 36.4 Å². The van der Waals surface area contributed by atoms with E-state index in [1.165, 1.54) is 18.2 Å². The first-order chi connectivity index (χ1) is 16.9. The van der Waals surface area contributed by atoms with Crippen LogP contribution in [0.25, 0.3) is 6.08 Å². The summed E-state index contributed by atoms with van der Waals surface area (Å²) in [6.45, 7) is 0.647. The first-order valence-corrected chi connectivity index (χ1v) is 13.8. The van der Waals surface area contributed by atoms with Gasteiger partial charge in [-0.25, -0.2) is 13.4 Å². The molecule has 1 unspecified atom stereocenters. The number of thiophene rings is 1. The average molecular weight is 531 g/mol. The van der Waals surface area contributed by atoms with E-state index in [1.54, 1.807) is 6.20 Å². The number of fused-ring (bicyclic) bond motifs is 1. The highest BCUT2D eigenvalue weighted by molar-refractivity contribution is 7.91. The van der Waals surface area contributed by atoms with E-state index in [2.05, 4.69) is 15.5 Å². The molecular weight excluding hydrogens is 508 g/mol. The molecule has 0 spiro atoms. The van der Waals surface area contributed by atoms with Crippen molar-refractivity contribution in [1.82, 2.24) is 20.5 Å². The number of allylic oxidation sites excluding steroid dienone is 2. The average Bonchev–Trinajstić information content (AvgIpc) is 3.57. The highest BCUT2D eigenvalue weighted by atomic mass is 35.5. The Morgan fingerprint density at radius 3 is 2.71 bits per heavy atom. The van der Waals surface area contributed by atoms with E-state index in [4.69, 9.17) is 11.6 Å². The number of nitrogens with one attached hydrogen (secondary N) is 3. The Labute approximate surface area is 212 Å². The second-order valence-corrected chi connectivity index (χ2v) is 12.2. The zero-order valence-electron chi connectivity index (χ0n) is 18.5. The maximum Gasteiger partial charge on any atom is 0.267 e. The maximum atomic E-state index is 13.1. The van der Waals surface area contributed by atoms with Gasteiger partial charge in [0.1, 0.15) is 4.21 Å². The summed E-state index contributed by atoms with van der Waals surface area (Å²) >= 11 is 6.82. The number of amides is 1. The Kier molecular flexibility index (Phi) is 6.54. The predicted molar refractivity (Wildman–Crippen MR) is 134 cm³/mol. The molecule has 1 aromatic heterocycles. The third-order valence-electron chi connectivity index (χ3n) is 6.05. The molecule has 8 nitrogen and oxygen atoms in total. The molecule has 1 aromatic carbocycles. The molecule has 3 aliphatic rings. The Balaban J connectivity index is 1.57. The van der Waals surface area contributed by atoms with Crippen LogP contribution in [0.3, 0.4) is 0 Å². The zero-order chi connectivity index (χ0) is 24.6. The number of rotatable bonds is 9. The number of carbonyl (C=O) groups is 2. The lowest BCUT2D eigenvalue weighted by molar-refractivity contribution is -0.118. The van der Waals surface area contributed by atoms with Crippen LogP contribution in [-0.4, -0.2) is 32.2 Å². The van der Waals surface area contributed by atoms with Crippen LogP contribution < -0.4 is 15.5 Å². The van der Waals surface area contributed by atoms with Gasteiger partial charge in [0.05, 0.1) is 22.5 Å². The van der Waals surface area contributed by atoms with Gasteiger partial charge in [-0.2, -0.15) is 0 Å². The molecule has 182 valence electrons. The summed E-state index contributed by atoms with van der Waals surface area (Å²) in [6.07, 6.45) is 7.83. The van der Waals surface area contributed by atoms with Gasteiger partial charge in [-0.15, -0.1) is 16.2 Å². The number of carbonyl (C=O) groups excluding carboxylic acids is 2. The number of benzene rings is 1. The van der Waals surface area contributed by atoms with E-state index in [0.717, 1.165) is 40.3 Å². The molecule has 1 aliphatic heterocycles. The first-order valence-electron chi connectivity index (χ1n) is 11.1. The first kappa shape index (κ1) is 23.8. The smallest absolute Gasteiger partial charge is 0.267 e. The number of halogens is 1. The monoisotopic (exact) mass is 530 g/mol. The van der Waals surface area contributed by atoms with Gasteiger partial charge >= 0.3 is 0 Å². The third kappa shape index (κ3) is 5.06. The minimum Gasteiger partial charge on any atom is -0.386 e. The number of sulfonamides is 1. The number of nitrogens with zero attached hydrogens (tertiary/aromatic N) is 1. The van der Waals surface area contributed by atoms with Crippen molar-refractivity contribution in [2.45, 2.75) is 29.5 Å². The van der Waals surface area contributed by atoms with E-state index in [9.17, 15) is 18.0 Å². The Morgan fingerprint density at radius 2 is 2.00 bits per heavy atom. The minimum atomic E-state index is -4.10. The minimum absolute atomic E-state index is 0.0241. The van der Waals surface area contributed by atoms with Gasteiger partial charge in [0.2, 0.25) is 6.41 Å². The summed E-state index contributed by atoms with van der Waals surface area (Å²) in [5.74, 6) is 0.369. The van der Waals surface area contributed by atoms with Gasteiger partial charge in [-0.05, 0) is 60.4 Å². The van der Waals surface area contributed by atoms with E-state index < -0.39 is 16.1 Å². The largest absolute Gasteiger partial charge is 0.386 e. The topological polar surface area (TPSA) is 108 Å². The lowest BCUT2D eigenvalue weighted by Gasteiger charge is -2.34. The molecule has 0 radical (unpaired) electrons. The molecule has 3 N–H and O–H groups in total. The van der Waals surface area contributed by atoms with Crippen molar-refractivity contribution in [2.75, 3.05) is 6.54 Å². The van der Waals surface area contributed by atoms with Crippen LogP contribution in [0.2, 0.25) is 4.34 Å². The lowest BCUT2D eigenvalue weighted by Crippen LogP contribution is -2.44. The van der Waals surface area contributed by atoms with Crippen LogP contribution in [0.5, 0.6) is 0 Å². The van der Waals surface area contributed by atoms with Crippen molar-refractivity contribution in [3.63, 3.8) is 0 Å². The van der Waals surface area contributed by atoms with E-state index in [1.807, 2.05) is 30.3 Å². The number of ketones is 1. The fraction of sp³-hybridized carbons (Fsp3) is 0.250. The van der Waals surface area contributed by atoms with Crippen LogP contribution in [0, 0.1) is 5.92 Å². The van der Waals surface area contributed by atoms with Crippen LogP contribution in [0.15, 0.2) is 69.9 Å². The molecule has 1 atom stereocenters. The normalized spacial score (nSPS) is 19.6. The molecule has 5 rings (SSSR count). The number of hydrogen-bond donors (Lipinski definition) is 3. The molecule has 2 aliphatic carbocycles. The van der Waals surface area contributed by atoms with Crippen LogP contribution >= 0.6 is 22.9 Å². The van der Waals surface area contributed by atoms with Gasteiger partial charge in [0, 0.05) is 17.8 Å². The zero-order valence-corrected chi connectivity index (χ0v) is 20.9. The predicted octanol–water partition coefficient (Wildman–Crippen LogP) is 3.48. The summed E-state index contributed by atoms with van der Waals surface area (Å²) in [5.41, 5.74) is 3.19. The summed E-state index contributed by atoms with van der Waals surface area (Å²) in [4.78, 5) is 27.5. The van der Waals surface area contributed by atoms with E-state index in [-0.39, 0.29) is 16.4 Å². The molecule has 0 saturated heterocycles. The highest BCUT2D eigenvalue weighted by Gasteiger charge is 2.35. The summed E-state index contributed by atoms with van der Waals surface area (Å²) in [6, 6.07) is 10.1. The van der Waals surface area contributed by atoms with Crippen LogP contribution in [-0.2, 0) is 19.6 Å². The summed E-state index contributed by atoms with van der Waals surface area (Å²) in [5, 5.41) is 7.54. The second kappa shape index (κ2) is 9.62. The van der Waals surface area contributed by atoms with Crippen LogP contribution in [0.4, 0.5) is 0 Å². The molecule has 35 heavy (non-hydrogen) atoms. The molecule has 1 amide bonds. The van der Waals surface area contributed by atoms with Gasteiger partial charge in [-0.1, -0.05) is 35.9 Å². The third-order valence-corrected chi connectivity index (χ3v) is 9.09. The van der Waals surface area contributed by atoms with Gasteiger partial charge < -0.3 is 10.6 Å². The van der Waals surface area contributed by atoms with E-state index >= 15 is 0 Å². The maximum absolute atomic E-state index is 13.1. The SMILES string of the molecule is O=CN(NS(=O)(=O)c1ccc(Cl)s1)C1=C(NCC2CC2)CC(=O)C=C1C1NC=Cc2ccccc21. The molecule has 2 aromatic rings. The highest BCUT2D eigenvalue weighted by Crippen LogP contribution is 2.38. The molecule has 2 heterocycles. The molecular formula is C24H23ClN4O4S2. The van der Waals surface area contributed by atoms with Gasteiger partial charge in [-0.3, -0.25) is 9.59 Å². The number of hydrogen-bond acceptors (Lipinski definition) is 7. The summed E-state index contributed by atoms with van der Waals surface area (Å²) < 4.78 is 26.4. The second-order valence-electron chi connectivity index (χ2n) is 8.58. The van der Waals surface area contributed by atoms with Crippen molar-refractivity contribution in [1.29, 1.82) is 0 Å². The van der Waals surface area contributed by atoms with Crippen molar-refractivity contribution in [2.24, 2.45) is 5.92 Å². The van der Waals surface area contributed by atoms with Gasteiger partial charge in [0.25, 0.3) is 10.0 Å². The fourth-order valence-electron chi connectivity index (χ4n) is 4.21. The molecule has 1 fully saturated rings.